The summed E-state index contributed by atoms with van der Waals surface area (Å²) < 4.78 is 0. The van der Waals surface area contributed by atoms with Crippen molar-refractivity contribution in [3.63, 3.8) is 0 Å². The summed E-state index contributed by atoms with van der Waals surface area (Å²) in [4.78, 5) is 2.70. The number of likely N-dealkylation sites (tertiary alicyclic amines) is 1. The fourth-order valence-electron chi connectivity index (χ4n) is 3.07. The Balaban J connectivity index is 1.75. The summed E-state index contributed by atoms with van der Waals surface area (Å²) in [7, 11) is 2.13. The molecule has 1 heterocycles. The first-order valence-corrected chi connectivity index (χ1v) is 7.23. The lowest BCUT2D eigenvalue weighted by Crippen LogP contribution is -2.41. The van der Waals surface area contributed by atoms with Crippen LogP contribution < -0.4 is 5.32 Å². The van der Waals surface area contributed by atoms with Gasteiger partial charge in [0.05, 0.1) is 0 Å². The molecule has 2 rings (SSSR count). The van der Waals surface area contributed by atoms with Crippen LogP contribution >= 0.6 is 0 Å². The molecule has 1 aliphatic heterocycles. The molecule has 2 fully saturated rings. The number of hydrogen-bond donors (Lipinski definition) is 1. The summed E-state index contributed by atoms with van der Waals surface area (Å²) in [5.74, 6) is 1.98. The van der Waals surface area contributed by atoms with Crippen molar-refractivity contribution in [2.45, 2.75) is 51.5 Å². The van der Waals surface area contributed by atoms with E-state index in [2.05, 4.69) is 24.2 Å². The third-order valence-corrected chi connectivity index (χ3v) is 4.53. The average Bonchev–Trinajstić information content (AvgIpc) is 3.13. The second kappa shape index (κ2) is 6.02. The van der Waals surface area contributed by atoms with Crippen molar-refractivity contribution in [1.82, 2.24) is 10.2 Å². The zero-order chi connectivity index (χ0) is 11.4. The van der Waals surface area contributed by atoms with Gasteiger partial charge in [0, 0.05) is 12.6 Å². The average molecular weight is 224 g/mol. The number of rotatable bonds is 5. The van der Waals surface area contributed by atoms with Crippen molar-refractivity contribution in [3.8, 4) is 0 Å². The van der Waals surface area contributed by atoms with Crippen molar-refractivity contribution in [3.05, 3.63) is 0 Å². The standard InChI is InChI=1S/C14H28N2/c1-3-12-5-4-9-16(10-8-12)11-14(15-2)13-6-7-13/h12-15H,3-11H2,1-2H3. The molecule has 0 aromatic heterocycles. The lowest BCUT2D eigenvalue weighted by Gasteiger charge is -2.26. The molecule has 2 heteroatoms. The van der Waals surface area contributed by atoms with Crippen LogP contribution in [0.1, 0.15) is 45.4 Å². The van der Waals surface area contributed by atoms with E-state index in [1.54, 1.807) is 0 Å². The molecule has 1 saturated carbocycles. The normalized spacial score (nSPS) is 30.0. The minimum Gasteiger partial charge on any atom is -0.315 e. The molecule has 1 aliphatic carbocycles. The smallest absolute Gasteiger partial charge is 0.0220 e. The van der Waals surface area contributed by atoms with E-state index >= 15 is 0 Å². The summed E-state index contributed by atoms with van der Waals surface area (Å²) in [6, 6.07) is 0.762. The van der Waals surface area contributed by atoms with Gasteiger partial charge in [-0.25, -0.2) is 0 Å². The maximum Gasteiger partial charge on any atom is 0.0220 e. The van der Waals surface area contributed by atoms with Gasteiger partial charge >= 0.3 is 0 Å². The van der Waals surface area contributed by atoms with Crippen molar-refractivity contribution >= 4 is 0 Å². The van der Waals surface area contributed by atoms with Crippen LogP contribution in [0.25, 0.3) is 0 Å². The Bertz CT molecular complexity index is 201. The van der Waals surface area contributed by atoms with E-state index in [0.717, 1.165) is 17.9 Å². The molecule has 0 aromatic rings. The third kappa shape index (κ3) is 3.46. The van der Waals surface area contributed by atoms with E-state index < -0.39 is 0 Å². The van der Waals surface area contributed by atoms with E-state index in [-0.39, 0.29) is 0 Å². The van der Waals surface area contributed by atoms with E-state index in [1.165, 1.54) is 58.2 Å². The van der Waals surface area contributed by atoms with Gasteiger partial charge in [0.15, 0.2) is 0 Å². The maximum absolute atomic E-state index is 3.52. The largest absolute Gasteiger partial charge is 0.315 e. The monoisotopic (exact) mass is 224 g/mol. The van der Waals surface area contributed by atoms with Gasteiger partial charge in [-0.2, -0.15) is 0 Å². The molecule has 94 valence electrons. The molecule has 0 spiro atoms. The van der Waals surface area contributed by atoms with Gasteiger partial charge in [-0.3, -0.25) is 0 Å². The molecule has 0 bridgehead atoms. The molecule has 2 unspecified atom stereocenters. The summed E-state index contributed by atoms with van der Waals surface area (Å²) in [5, 5.41) is 3.52. The van der Waals surface area contributed by atoms with Gasteiger partial charge in [-0.1, -0.05) is 13.3 Å². The van der Waals surface area contributed by atoms with Gasteiger partial charge < -0.3 is 10.2 Å². The predicted octanol–water partition coefficient (Wildman–Crippen LogP) is 2.50. The first-order valence-electron chi connectivity index (χ1n) is 7.23. The summed E-state index contributed by atoms with van der Waals surface area (Å²) in [6.07, 6.45) is 8.59. The molecule has 0 amide bonds. The van der Waals surface area contributed by atoms with E-state index in [9.17, 15) is 0 Å². The molecule has 2 aliphatic rings. The Hall–Kier alpha value is -0.0800. The summed E-state index contributed by atoms with van der Waals surface area (Å²) in [5.41, 5.74) is 0. The van der Waals surface area contributed by atoms with Crippen LogP contribution in [0.5, 0.6) is 0 Å². The van der Waals surface area contributed by atoms with Gasteiger partial charge in [0.25, 0.3) is 0 Å². The minimum absolute atomic E-state index is 0.762. The molecule has 1 N–H and O–H groups in total. The number of nitrogens with zero attached hydrogens (tertiary/aromatic N) is 1. The van der Waals surface area contributed by atoms with Crippen LogP contribution in [-0.4, -0.2) is 37.6 Å². The van der Waals surface area contributed by atoms with E-state index in [4.69, 9.17) is 0 Å². The van der Waals surface area contributed by atoms with Crippen LogP contribution in [-0.2, 0) is 0 Å². The van der Waals surface area contributed by atoms with Gasteiger partial charge in [0.1, 0.15) is 0 Å². The third-order valence-electron chi connectivity index (χ3n) is 4.53. The van der Waals surface area contributed by atoms with Gasteiger partial charge in [-0.15, -0.1) is 0 Å². The topological polar surface area (TPSA) is 15.3 Å². The molecular weight excluding hydrogens is 196 g/mol. The molecular formula is C14H28N2. The number of hydrogen-bond acceptors (Lipinski definition) is 2. The summed E-state index contributed by atoms with van der Waals surface area (Å²) >= 11 is 0. The second-order valence-electron chi connectivity index (χ2n) is 5.74. The zero-order valence-electron chi connectivity index (χ0n) is 11.0. The van der Waals surface area contributed by atoms with Crippen LogP contribution in [0.3, 0.4) is 0 Å². The van der Waals surface area contributed by atoms with Crippen molar-refractivity contribution in [2.75, 3.05) is 26.7 Å². The Morgan fingerprint density at radius 1 is 1.19 bits per heavy atom. The highest BCUT2D eigenvalue weighted by Gasteiger charge is 2.31. The van der Waals surface area contributed by atoms with Gasteiger partial charge in [0.2, 0.25) is 0 Å². The second-order valence-corrected chi connectivity index (χ2v) is 5.74. The van der Waals surface area contributed by atoms with E-state index in [0.29, 0.717) is 0 Å². The molecule has 1 saturated heterocycles. The lowest BCUT2D eigenvalue weighted by molar-refractivity contribution is 0.240. The highest BCUT2D eigenvalue weighted by molar-refractivity contribution is 4.88. The first kappa shape index (κ1) is 12.4. The Kier molecular flexibility index (Phi) is 4.66. The van der Waals surface area contributed by atoms with Gasteiger partial charge in [-0.05, 0) is 64.1 Å². The van der Waals surface area contributed by atoms with Crippen LogP contribution in [0.15, 0.2) is 0 Å². The molecule has 0 aromatic carbocycles. The van der Waals surface area contributed by atoms with E-state index in [1.807, 2.05) is 0 Å². The van der Waals surface area contributed by atoms with Crippen LogP contribution in [0.4, 0.5) is 0 Å². The van der Waals surface area contributed by atoms with Crippen molar-refractivity contribution in [2.24, 2.45) is 11.8 Å². The number of likely N-dealkylation sites (N-methyl/N-ethyl adjacent to an activating group) is 1. The Morgan fingerprint density at radius 3 is 2.62 bits per heavy atom. The van der Waals surface area contributed by atoms with Crippen LogP contribution in [0, 0.1) is 11.8 Å². The highest BCUT2D eigenvalue weighted by atomic mass is 15.1. The maximum atomic E-state index is 3.52. The minimum atomic E-state index is 0.762. The molecule has 0 radical (unpaired) electrons. The fourth-order valence-corrected chi connectivity index (χ4v) is 3.07. The first-order chi connectivity index (χ1) is 7.83. The molecule has 16 heavy (non-hydrogen) atoms. The SMILES string of the molecule is CCC1CCCN(CC(NC)C2CC2)CC1. The lowest BCUT2D eigenvalue weighted by atomic mass is 9.98. The summed E-state index contributed by atoms with van der Waals surface area (Å²) in [6.45, 7) is 6.31. The predicted molar refractivity (Wildman–Crippen MR) is 69.6 cm³/mol. The quantitative estimate of drug-likeness (QED) is 0.772. The Morgan fingerprint density at radius 2 is 2.00 bits per heavy atom. The molecule has 2 atom stereocenters. The number of nitrogens with one attached hydrogen (secondary N) is 1. The highest BCUT2D eigenvalue weighted by Crippen LogP contribution is 2.33. The zero-order valence-corrected chi connectivity index (χ0v) is 11.0. The molecule has 2 nitrogen and oxygen atoms in total. The van der Waals surface area contributed by atoms with Crippen LogP contribution in [0.2, 0.25) is 0 Å². The Labute approximate surface area is 101 Å². The van der Waals surface area contributed by atoms with Crippen molar-refractivity contribution in [1.29, 1.82) is 0 Å². The fraction of sp³-hybridized carbons (Fsp3) is 1.00. The van der Waals surface area contributed by atoms with Crippen molar-refractivity contribution < 1.29 is 0 Å².